The van der Waals surface area contributed by atoms with Crippen molar-refractivity contribution in [1.29, 1.82) is 0 Å². The number of carbonyl (C=O) groups is 2. The van der Waals surface area contributed by atoms with Crippen LogP contribution in [0.2, 0.25) is 0 Å². The van der Waals surface area contributed by atoms with Gasteiger partial charge in [0.15, 0.2) is 5.82 Å². The van der Waals surface area contributed by atoms with Gasteiger partial charge in [-0.2, -0.15) is 0 Å². The van der Waals surface area contributed by atoms with Crippen molar-refractivity contribution in [2.24, 2.45) is 0 Å². The normalized spacial score (nSPS) is 15.0. The minimum Gasteiger partial charge on any atom is -0.495 e. The number of para-hydroxylation sites is 2. The largest absolute Gasteiger partial charge is 0.495 e. The average molecular weight is 665 g/mol. The number of anilines is 1. The van der Waals surface area contributed by atoms with E-state index in [2.05, 4.69) is 25.2 Å². The molecule has 2 aliphatic rings. The van der Waals surface area contributed by atoms with Crippen LogP contribution in [0.1, 0.15) is 28.9 Å². The van der Waals surface area contributed by atoms with Crippen molar-refractivity contribution < 1.29 is 23.5 Å². The Labute approximate surface area is 282 Å². The van der Waals surface area contributed by atoms with E-state index in [1.807, 2.05) is 36.4 Å². The predicted octanol–water partition coefficient (Wildman–Crippen LogP) is 4.65. The number of methoxy groups -OCH3 is 2. The number of pyridine rings is 1. The molecule has 0 atom stereocenters. The van der Waals surface area contributed by atoms with Crippen LogP contribution < -0.4 is 14.4 Å². The van der Waals surface area contributed by atoms with Gasteiger partial charge in [0.1, 0.15) is 11.4 Å². The van der Waals surface area contributed by atoms with E-state index in [1.54, 1.807) is 58.4 Å². The minimum absolute atomic E-state index is 0.0460. The molecule has 2 amide bonds. The number of fused-ring (bicyclic) bond motifs is 1. The molecule has 5 heterocycles. The number of nitrogens with one attached hydrogen (secondary N) is 1. The van der Waals surface area contributed by atoms with E-state index in [0.29, 0.717) is 84.9 Å². The van der Waals surface area contributed by atoms with Gasteiger partial charge in [0, 0.05) is 74.6 Å². The summed E-state index contributed by atoms with van der Waals surface area (Å²) in [5.41, 5.74) is 3.88. The fourth-order valence-electron chi connectivity index (χ4n) is 6.67. The lowest BCUT2D eigenvalue weighted by molar-refractivity contribution is -0.131. The fraction of sp³-hybridized carbons (Fsp3) is 0.306. The van der Waals surface area contributed by atoms with Crippen molar-refractivity contribution >= 4 is 34.0 Å². The zero-order valence-corrected chi connectivity index (χ0v) is 27.4. The molecule has 0 unspecified atom stereocenters. The second-order valence-electron chi connectivity index (χ2n) is 12.0. The molecule has 252 valence electrons. The van der Waals surface area contributed by atoms with E-state index >= 15 is 4.39 Å². The van der Waals surface area contributed by atoms with Crippen LogP contribution in [-0.2, 0) is 11.3 Å². The molecule has 0 spiro atoms. The molecule has 0 saturated carbocycles. The first-order valence-corrected chi connectivity index (χ1v) is 16.3. The molecular formula is C36H37FN8O4. The van der Waals surface area contributed by atoms with Gasteiger partial charge in [-0.15, -0.1) is 5.10 Å². The molecule has 0 radical (unpaired) electrons. The molecule has 3 aromatic heterocycles. The monoisotopic (exact) mass is 664 g/mol. The first-order chi connectivity index (χ1) is 23.9. The Hall–Kier alpha value is -5.72. The summed E-state index contributed by atoms with van der Waals surface area (Å²) >= 11 is 0. The van der Waals surface area contributed by atoms with E-state index in [-0.39, 0.29) is 30.3 Å². The molecule has 0 aliphatic carbocycles. The van der Waals surface area contributed by atoms with Gasteiger partial charge in [0.05, 0.1) is 38.2 Å². The zero-order chi connectivity index (χ0) is 33.9. The molecule has 1 saturated heterocycles. The number of hydrogen-bond acceptors (Lipinski definition) is 8. The molecule has 49 heavy (non-hydrogen) atoms. The maximum absolute atomic E-state index is 16.6. The van der Waals surface area contributed by atoms with Crippen molar-refractivity contribution in [2.75, 3.05) is 58.4 Å². The van der Waals surface area contributed by atoms with Crippen molar-refractivity contribution in [3.8, 4) is 22.8 Å². The topological polar surface area (TPSA) is 122 Å². The minimum atomic E-state index is -0.482. The molecule has 0 bridgehead atoms. The molecule has 5 aromatic rings. The number of carbonyl (C=O) groups excluding carboxylic acids is 2. The SMILES string of the molecule is COc1ccccc1N1CCN(C(=O)c2cc3c(-c4cccnc4OC)cc(C4=CCCN(C(=O)CCn5ccnn5)C4)c(F)c3[nH]2)CC1. The van der Waals surface area contributed by atoms with Gasteiger partial charge in [0.25, 0.3) is 5.91 Å². The number of rotatable bonds is 9. The molecule has 13 heteroatoms. The van der Waals surface area contributed by atoms with E-state index in [9.17, 15) is 9.59 Å². The maximum Gasteiger partial charge on any atom is 0.270 e. The summed E-state index contributed by atoms with van der Waals surface area (Å²) in [6, 6.07) is 15.0. The number of benzene rings is 2. The zero-order valence-electron chi connectivity index (χ0n) is 27.4. The summed E-state index contributed by atoms with van der Waals surface area (Å²) < 4.78 is 29.4. The number of nitrogens with zero attached hydrogens (tertiary/aromatic N) is 7. The second kappa shape index (κ2) is 13.8. The number of piperazine rings is 1. The van der Waals surface area contributed by atoms with Gasteiger partial charge >= 0.3 is 0 Å². The first kappa shape index (κ1) is 31.9. The number of halogens is 1. The highest BCUT2D eigenvalue weighted by atomic mass is 19.1. The van der Waals surface area contributed by atoms with Crippen LogP contribution in [-0.4, -0.2) is 100 Å². The van der Waals surface area contributed by atoms with Gasteiger partial charge in [-0.1, -0.05) is 23.4 Å². The van der Waals surface area contributed by atoms with Crippen LogP contribution in [0.4, 0.5) is 10.1 Å². The summed E-state index contributed by atoms with van der Waals surface area (Å²) in [6.07, 6.45) is 7.74. The number of hydrogen-bond donors (Lipinski definition) is 1. The number of ether oxygens (including phenoxy) is 2. The van der Waals surface area contributed by atoms with Gasteiger partial charge in [0.2, 0.25) is 11.8 Å². The number of H-pyrrole nitrogens is 1. The van der Waals surface area contributed by atoms with Crippen molar-refractivity contribution in [1.82, 2.24) is 34.8 Å². The lowest BCUT2D eigenvalue weighted by Gasteiger charge is -2.36. The highest BCUT2D eigenvalue weighted by Gasteiger charge is 2.28. The van der Waals surface area contributed by atoms with E-state index in [0.717, 1.165) is 11.4 Å². The molecular weight excluding hydrogens is 627 g/mol. The van der Waals surface area contributed by atoms with Crippen LogP contribution in [0.3, 0.4) is 0 Å². The quantitative estimate of drug-likeness (QED) is 0.242. The Morgan fingerprint density at radius 2 is 1.76 bits per heavy atom. The summed E-state index contributed by atoms with van der Waals surface area (Å²) in [7, 11) is 3.19. The van der Waals surface area contributed by atoms with Crippen LogP contribution in [0.15, 0.2) is 73.2 Å². The van der Waals surface area contributed by atoms with Crippen molar-refractivity contribution in [2.45, 2.75) is 19.4 Å². The Morgan fingerprint density at radius 3 is 2.53 bits per heavy atom. The summed E-state index contributed by atoms with van der Waals surface area (Å²) in [4.78, 5) is 40.3. The third-order valence-electron chi connectivity index (χ3n) is 9.21. The third-order valence-corrected chi connectivity index (χ3v) is 9.21. The van der Waals surface area contributed by atoms with E-state index in [4.69, 9.17) is 9.47 Å². The fourth-order valence-corrected chi connectivity index (χ4v) is 6.67. The van der Waals surface area contributed by atoms with E-state index in [1.165, 1.54) is 7.11 Å². The Morgan fingerprint density at radius 1 is 0.918 bits per heavy atom. The number of amides is 2. The summed E-state index contributed by atoms with van der Waals surface area (Å²) in [5, 5.41) is 8.27. The standard InChI is InChI=1S/C36H37FN8O4/c1-48-31-10-4-3-9-30(31)42-17-19-43(20-18-42)36(47)29-22-28-27(25-8-5-12-38-35(25)49-2)21-26(33(37)34(28)40-29)24-7-6-14-44(23-24)32(46)11-15-45-16-13-39-41-45/h3-5,7-10,12-13,16,21-22,40H,6,11,14-15,17-20,23H2,1-2H3. The number of aromatic nitrogens is 5. The van der Waals surface area contributed by atoms with Crippen molar-refractivity contribution in [3.05, 3.63) is 90.3 Å². The lowest BCUT2D eigenvalue weighted by Crippen LogP contribution is -2.49. The lowest BCUT2D eigenvalue weighted by atomic mass is 9.93. The third kappa shape index (κ3) is 6.31. The Bertz CT molecular complexity index is 2020. The van der Waals surface area contributed by atoms with Crippen molar-refractivity contribution in [3.63, 3.8) is 0 Å². The Kier molecular flexibility index (Phi) is 8.97. The highest BCUT2D eigenvalue weighted by Crippen LogP contribution is 2.39. The molecule has 12 nitrogen and oxygen atoms in total. The average Bonchev–Trinajstić information content (AvgIpc) is 3.85. The predicted molar refractivity (Wildman–Crippen MR) is 183 cm³/mol. The van der Waals surface area contributed by atoms with Crippen LogP contribution >= 0.6 is 0 Å². The molecule has 2 aromatic carbocycles. The van der Waals surface area contributed by atoms with Gasteiger partial charge < -0.3 is 29.2 Å². The van der Waals surface area contributed by atoms with Gasteiger partial charge in [-0.3, -0.25) is 14.3 Å². The summed E-state index contributed by atoms with van der Waals surface area (Å²) in [5.74, 6) is 0.433. The van der Waals surface area contributed by atoms with Crippen LogP contribution in [0, 0.1) is 5.82 Å². The molecule has 7 rings (SSSR count). The number of aryl methyl sites for hydroxylation is 1. The van der Waals surface area contributed by atoms with Gasteiger partial charge in [-0.25, -0.2) is 9.37 Å². The molecule has 1 N–H and O–H groups in total. The van der Waals surface area contributed by atoms with Crippen LogP contribution in [0.5, 0.6) is 11.6 Å². The number of aromatic amines is 1. The highest BCUT2D eigenvalue weighted by molar-refractivity contribution is 6.05. The molecule has 1 fully saturated rings. The van der Waals surface area contributed by atoms with Gasteiger partial charge in [-0.05, 0) is 54.0 Å². The van der Waals surface area contributed by atoms with Crippen LogP contribution in [0.25, 0.3) is 27.6 Å². The van der Waals surface area contributed by atoms with E-state index < -0.39 is 5.82 Å². The Balaban J connectivity index is 1.19. The first-order valence-electron chi connectivity index (χ1n) is 16.3. The maximum atomic E-state index is 16.6. The summed E-state index contributed by atoms with van der Waals surface area (Å²) in [6.45, 7) is 3.46. The smallest absolute Gasteiger partial charge is 0.270 e. The second-order valence-corrected chi connectivity index (χ2v) is 12.0. The molecule has 2 aliphatic heterocycles.